The van der Waals surface area contributed by atoms with Gasteiger partial charge < -0.3 is 0 Å². The quantitative estimate of drug-likeness (QED) is 0.708. The van der Waals surface area contributed by atoms with Crippen LogP contribution in [-0.2, 0) is 10.0 Å². The van der Waals surface area contributed by atoms with E-state index in [4.69, 9.17) is 0 Å². The Morgan fingerprint density at radius 2 is 1.90 bits per heavy atom. The van der Waals surface area contributed by atoms with Gasteiger partial charge >= 0.3 is 0 Å². The number of hydrogen-bond acceptors (Lipinski definition) is 4. The highest BCUT2D eigenvalue weighted by molar-refractivity contribution is 7.88. The molecule has 6 heteroatoms. The maximum atomic E-state index is 11.9. The van der Waals surface area contributed by atoms with Crippen molar-refractivity contribution in [2.45, 2.75) is 58.2 Å². The van der Waals surface area contributed by atoms with Crippen molar-refractivity contribution >= 4 is 10.0 Å². The fraction of sp³-hybridized carbons (Fsp3) is 1.00. The van der Waals surface area contributed by atoms with Crippen molar-refractivity contribution in [3.63, 3.8) is 0 Å². The van der Waals surface area contributed by atoms with Gasteiger partial charge in [-0.2, -0.15) is 0 Å². The highest BCUT2D eigenvalue weighted by Gasteiger charge is 2.37. The van der Waals surface area contributed by atoms with Crippen LogP contribution in [0.2, 0.25) is 0 Å². The summed E-state index contributed by atoms with van der Waals surface area (Å²) in [5, 5.41) is 0. The summed E-state index contributed by atoms with van der Waals surface area (Å²) < 4.78 is 25.4. The number of hydrogen-bond donors (Lipinski definition) is 0. The summed E-state index contributed by atoms with van der Waals surface area (Å²) in [5.74, 6) is 0. The lowest BCUT2D eigenvalue weighted by atomic mass is 10.1. The lowest BCUT2D eigenvalue weighted by Gasteiger charge is -2.45. The Kier molecular flexibility index (Phi) is 5.68. The molecule has 0 N–H and O–H groups in total. The largest absolute Gasteiger partial charge is 0.298 e. The lowest BCUT2D eigenvalue weighted by Crippen LogP contribution is -2.60. The van der Waals surface area contributed by atoms with Gasteiger partial charge in [-0.3, -0.25) is 9.80 Å². The van der Waals surface area contributed by atoms with Crippen LogP contribution in [0.25, 0.3) is 0 Å². The topological polar surface area (TPSA) is 43.9 Å². The molecule has 0 aromatic heterocycles. The van der Waals surface area contributed by atoms with E-state index < -0.39 is 10.0 Å². The third-order valence-corrected chi connectivity index (χ3v) is 6.36. The van der Waals surface area contributed by atoms with Crippen molar-refractivity contribution in [2.75, 3.05) is 39.0 Å². The van der Waals surface area contributed by atoms with Gasteiger partial charge in [0, 0.05) is 50.8 Å². The molecule has 0 spiro atoms. The Bertz CT molecular complexity index is 436. The highest BCUT2D eigenvalue weighted by atomic mass is 32.2. The lowest BCUT2D eigenvalue weighted by molar-refractivity contribution is 0.0327. The van der Waals surface area contributed by atoms with Crippen LogP contribution >= 0.6 is 0 Å². The molecule has 1 saturated carbocycles. The van der Waals surface area contributed by atoms with Crippen LogP contribution in [0.5, 0.6) is 0 Å². The second-order valence-corrected chi connectivity index (χ2v) is 8.57. The first kappa shape index (κ1) is 17.2. The molecular formula is C15H31N3O2S. The van der Waals surface area contributed by atoms with Crippen LogP contribution in [-0.4, -0.2) is 79.6 Å². The van der Waals surface area contributed by atoms with Crippen LogP contribution in [0.4, 0.5) is 0 Å². The van der Waals surface area contributed by atoms with Gasteiger partial charge in [-0.15, -0.1) is 0 Å². The van der Waals surface area contributed by atoms with Crippen molar-refractivity contribution < 1.29 is 8.42 Å². The van der Waals surface area contributed by atoms with Crippen molar-refractivity contribution in [1.82, 2.24) is 14.1 Å². The molecule has 1 aliphatic carbocycles. The Morgan fingerprint density at radius 1 is 1.24 bits per heavy atom. The molecule has 0 amide bonds. The molecule has 1 aliphatic heterocycles. The van der Waals surface area contributed by atoms with Gasteiger partial charge in [-0.05, 0) is 26.2 Å². The molecular weight excluding hydrogens is 286 g/mol. The fourth-order valence-corrected chi connectivity index (χ4v) is 4.29. The van der Waals surface area contributed by atoms with Gasteiger partial charge in [0.2, 0.25) is 10.0 Å². The third-order valence-electron chi connectivity index (χ3n) is 5.02. The summed E-state index contributed by atoms with van der Waals surface area (Å²) in [6.45, 7) is 10.8. The van der Waals surface area contributed by atoms with Crippen LogP contribution in [0.1, 0.15) is 40.0 Å². The minimum Gasteiger partial charge on any atom is -0.298 e. The summed E-state index contributed by atoms with van der Waals surface area (Å²) in [6, 6.07) is 1.61. The molecule has 1 heterocycles. The van der Waals surface area contributed by atoms with E-state index in [0.29, 0.717) is 25.2 Å². The molecule has 0 aromatic carbocycles. The Morgan fingerprint density at radius 3 is 2.38 bits per heavy atom. The molecule has 2 aliphatic rings. The molecule has 21 heavy (non-hydrogen) atoms. The zero-order valence-corrected chi connectivity index (χ0v) is 14.8. The van der Waals surface area contributed by atoms with Crippen molar-refractivity contribution in [1.29, 1.82) is 0 Å². The molecule has 124 valence electrons. The number of nitrogens with zero attached hydrogens (tertiary/aromatic N) is 3. The monoisotopic (exact) mass is 317 g/mol. The summed E-state index contributed by atoms with van der Waals surface area (Å²) in [7, 11) is -3.10. The molecule has 2 atom stereocenters. The minimum absolute atomic E-state index is 0.323. The van der Waals surface area contributed by atoms with Crippen molar-refractivity contribution in [3.05, 3.63) is 0 Å². The summed E-state index contributed by atoms with van der Waals surface area (Å²) in [6.07, 6.45) is 5.08. The SMILES string of the molecule is CCC(C)N1CCN(C2CC2)CC1CN(CC)S(C)(=O)=O. The Hall–Kier alpha value is -0.170. The van der Waals surface area contributed by atoms with Gasteiger partial charge in [-0.25, -0.2) is 12.7 Å². The second kappa shape index (κ2) is 6.94. The zero-order valence-electron chi connectivity index (χ0n) is 14.0. The molecule has 0 aromatic rings. The van der Waals surface area contributed by atoms with Crippen LogP contribution in [0, 0.1) is 0 Å². The van der Waals surface area contributed by atoms with E-state index in [-0.39, 0.29) is 0 Å². The number of sulfonamides is 1. The van der Waals surface area contributed by atoms with E-state index in [1.165, 1.54) is 19.1 Å². The highest BCUT2D eigenvalue weighted by Crippen LogP contribution is 2.29. The standard InChI is InChI=1S/C15H31N3O2S/c1-5-13(3)18-10-9-16(14-7-8-14)11-15(18)12-17(6-2)21(4,19)20/h13-15H,5-12H2,1-4H3. The molecule has 2 rings (SSSR count). The number of rotatable bonds is 7. The molecule has 2 unspecified atom stereocenters. The summed E-state index contributed by atoms with van der Waals surface area (Å²) >= 11 is 0. The van der Waals surface area contributed by atoms with Gasteiger partial charge in [0.15, 0.2) is 0 Å². The average molecular weight is 317 g/mol. The van der Waals surface area contributed by atoms with Gasteiger partial charge in [0.25, 0.3) is 0 Å². The summed E-state index contributed by atoms with van der Waals surface area (Å²) in [5.41, 5.74) is 0. The predicted octanol–water partition coefficient (Wildman–Crippen LogP) is 1.22. The smallest absolute Gasteiger partial charge is 0.211 e. The van der Waals surface area contributed by atoms with E-state index in [9.17, 15) is 8.42 Å². The minimum atomic E-state index is -3.10. The molecule has 0 radical (unpaired) electrons. The first-order chi connectivity index (χ1) is 9.86. The van der Waals surface area contributed by atoms with Crippen molar-refractivity contribution in [2.24, 2.45) is 0 Å². The number of likely N-dealkylation sites (N-methyl/N-ethyl adjacent to an activating group) is 1. The van der Waals surface area contributed by atoms with E-state index in [1.54, 1.807) is 4.31 Å². The van der Waals surface area contributed by atoms with Crippen LogP contribution < -0.4 is 0 Å². The molecule has 2 fully saturated rings. The van der Waals surface area contributed by atoms with E-state index in [0.717, 1.165) is 32.1 Å². The Balaban J connectivity index is 2.08. The van der Waals surface area contributed by atoms with E-state index >= 15 is 0 Å². The Labute approximate surface area is 130 Å². The van der Waals surface area contributed by atoms with Gasteiger partial charge in [-0.1, -0.05) is 13.8 Å². The molecule has 0 bridgehead atoms. The maximum Gasteiger partial charge on any atom is 0.211 e. The number of piperazine rings is 1. The van der Waals surface area contributed by atoms with E-state index in [2.05, 4.69) is 23.6 Å². The van der Waals surface area contributed by atoms with E-state index in [1.807, 2.05) is 6.92 Å². The second-order valence-electron chi connectivity index (χ2n) is 6.59. The predicted molar refractivity (Wildman–Crippen MR) is 86.9 cm³/mol. The van der Waals surface area contributed by atoms with Crippen LogP contribution in [0.15, 0.2) is 0 Å². The normalized spacial score (nSPS) is 27.2. The van der Waals surface area contributed by atoms with Crippen molar-refractivity contribution in [3.8, 4) is 0 Å². The van der Waals surface area contributed by atoms with Gasteiger partial charge in [0.1, 0.15) is 0 Å². The van der Waals surface area contributed by atoms with Gasteiger partial charge in [0.05, 0.1) is 6.26 Å². The fourth-order valence-electron chi connectivity index (χ4n) is 3.38. The molecule has 5 nitrogen and oxygen atoms in total. The maximum absolute atomic E-state index is 11.9. The average Bonchev–Trinajstić information content (AvgIpc) is 3.27. The first-order valence-corrected chi connectivity index (χ1v) is 10.2. The summed E-state index contributed by atoms with van der Waals surface area (Å²) in [4.78, 5) is 5.09. The first-order valence-electron chi connectivity index (χ1n) is 8.31. The third kappa shape index (κ3) is 4.41. The molecule has 1 saturated heterocycles. The zero-order chi connectivity index (χ0) is 15.6. The van der Waals surface area contributed by atoms with Crippen LogP contribution in [0.3, 0.4) is 0 Å².